The van der Waals surface area contributed by atoms with Gasteiger partial charge in [-0.05, 0) is 19.1 Å². The Morgan fingerprint density at radius 3 is 3.20 bits per heavy atom. The van der Waals surface area contributed by atoms with Crippen molar-refractivity contribution in [3.8, 4) is 0 Å². The second-order valence-electron chi connectivity index (χ2n) is 4.93. The molecule has 0 saturated carbocycles. The lowest BCUT2D eigenvalue weighted by Crippen LogP contribution is -2.51. The van der Waals surface area contributed by atoms with E-state index in [1.54, 1.807) is 23.1 Å². The number of fused-ring (bicyclic) bond motifs is 1. The van der Waals surface area contributed by atoms with Crippen LogP contribution < -0.4 is 5.32 Å². The summed E-state index contributed by atoms with van der Waals surface area (Å²) in [5.41, 5.74) is 1.02. The van der Waals surface area contributed by atoms with Gasteiger partial charge in [-0.3, -0.25) is 4.79 Å². The van der Waals surface area contributed by atoms with Crippen LogP contribution in [0.25, 0.3) is 10.2 Å². The van der Waals surface area contributed by atoms with Crippen LogP contribution in [0.15, 0.2) is 28.6 Å². The molecule has 1 aliphatic heterocycles. The summed E-state index contributed by atoms with van der Waals surface area (Å²) in [5.74, 6) is 0.689. The number of hydrogen-bond donors (Lipinski definition) is 1. The minimum atomic E-state index is 0.211. The smallest absolute Gasteiger partial charge is 0.233 e. The zero-order valence-corrected chi connectivity index (χ0v) is 13.0. The van der Waals surface area contributed by atoms with Gasteiger partial charge in [0.2, 0.25) is 5.91 Å². The lowest BCUT2D eigenvalue weighted by atomic mass is 10.2. The highest BCUT2D eigenvalue weighted by molar-refractivity contribution is 8.01. The molecule has 1 amide bonds. The molecule has 0 bridgehead atoms. The SMILES string of the molecule is CC1CN(C(=O)CSc2nc3ccccc3s2)CCN1. The van der Waals surface area contributed by atoms with E-state index in [0.29, 0.717) is 11.8 Å². The van der Waals surface area contributed by atoms with E-state index < -0.39 is 0 Å². The van der Waals surface area contributed by atoms with Crippen LogP contribution in [0.2, 0.25) is 0 Å². The van der Waals surface area contributed by atoms with Crippen LogP contribution in [0.3, 0.4) is 0 Å². The zero-order valence-electron chi connectivity index (χ0n) is 11.3. The first-order valence-corrected chi connectivity index (χ1v) is 8.52. The number of carbonyl (C=O) groups excluding carboxylic acids is 1. The van der Waals surface area contributed by atoms with Crippen molar-refractivity contribution in [2.45, 2.75) is 17.3 Å². The van der Waals surface area contributed by atoms with Crippen LogP contribution in [0.5, 0.6) is 0 Å². The molecule has 1 saturated heterocycles. The number of amides is 1. The van der Waals surface area contributed by atoms with Gasteiger partial charge in [-0.1, -0.05) is 23.9 Å². The summed E-state index contributed by atoms with van der Waals surface area (Å²) >= 11 is 3.20. The third-order valence-corrected chi connectivity index (χ3v) is 5.48. The summed E-state index contributed by atoms with van der Waals surface area (Å²) in [7, 11) is 0. The van der Waals surface area contributed by atoms with Gasteiger partial charge in [0.15, 0.2) is 4.34 Å². The molecule has 6 heteroatoms. The fourth-order valence-corrected chi connectivity index (χ4v) is 4.26. The van der Waals surface area contributed by atoms with Crippen molar-refractivity contribution in [3.63, 3.8) is 0 Å². The zero-order chi connectivity index (χ0) is 13.9. The molecule has 20 heavy (non-hydrogen) atoms. The molecular formula is C14H17N3OS2. The quantitative estimate of drug-likeness (QED) is 0.883. The molecule has 1 aromatic carbocycles. The molecule has 1 aromatic heterocycles. The van der Waals surface area contributed by atoms with E-state index in [9.17, 15) is 4.79 Å². The number of aromatic nitrogens is 1. The average molecular weight is 307 g/mol. The number of piperazine rings is 1. The monoisotopic (exact) mass is 307 g/mol. The van der Waals surface area contributed by atoms with Crippen molar-refractivity contribution in [3.05, 3.63) is 24.3 Å². The highest BCUT2D eigenvalue weighted by atomic mass is 32.2. The number of benzene rings is 1. The van der Waals surface area contributed by atoms with E-state index in [2.05, 4.69) is 23.3 Å². The molecule has 1 unspecified atom stereocenters. The third kappa shape index (κ3) is 3.13. The number of para-hydroxylation sites is 1. The Kier molecular flexibility index (Phi) is 4.24. The largest absolute Gasteiger partial charge is 0.339 e. The van der Waals surface area contributed by atoms with Crippen molar-refractivity contribution < 1.29 is 4.79 Å². The summed E-state index contributed by atoms with van der Waals surface area (Å²) < 4.78 is 2.15. The van der Waals surface area contributed by atoms with Gasteiger partial charge < -0.3 is 10.2 Å². The number of thiazole rings is 1. The van der Waals surface area contributed by atoms with Crippen LogP contribution in [0, 0.1) is 0 Å². The lowest BCUT2D eigenvalue weighted by molar-refractivity contribution is -0.129. The van der Waals surface area contributed by atoms with Gasteiger partial charge in [-0.2, -0.15) is 0 Å². The van der Waals surface area contributed by atoms with Crippen LogP contribution in [0.4, 0.5) is 0 Å². The van der Waals surface area contributed by atoms with Crippen LogP contribution >= 0.6 is 23.1 Å². The standard InChI is InChI=1S/C14H17N3OS2/c1-10-8-17(7-6-15-10)13(18)9-19-14-16-11-4-2-3-5-12(11)20-14/h2-5,10,15H,6-9H2,1H3. The fourth-order valence-electron chi connectivity index (χ4n) is 2.29. The van der Waals surface area contributed by atoms with Gasteiger partial charge in [0.25, 0.3) is 0 Å². The van der Waals surface area contributed by atoms with E-state index in [1.807, 2.05) is 23.1 Å². The number of nitrogens with zero attached hydrogens (tertiary/aromatic N) is 2. The summed E-state index contributed by atoms with van der Waals surface area (Å²) in [6, 6.07) is 8.47. The average Bonchev–Trinajstić information content (AvgIpc) is 2.87. The Balaban J connectivity index is 1.59. The van der Waals surface area contributed by atoms with Gasteiger partial charge in [0.05, 0.1) is 16.0 Å². The second kappa shape index (κ2) is 6.11. The second-order valence-corrected chi connectivity index (χ2v) is 7.18. The van der Waals surface area contributed by atoms with Gasteiger partial charge in [0.1, 0.15) is 0 Å². The predicted molar refractivity (Wildman–Crippen MR) is 84.4 cm³/mol. The highest BCUT2D eigenvalue weighted by Crippen LogP contribution is 2.29. The van der Waals surface area contributed by atoms with E-state index in [0.717, 1.165) is 29.5 Å². The number of rotatable bonds is 3. The highest BCUT2D eigenvalue weighted by Gasteiger charge is 2.20. The molecule has 0 aliphatic carbocycles. The predicted octanol–water partition coefficient (Wildman–Crippen LogP) is 2.21. The van der Waals surface area contributed by atoms with Crippen molar-refractivity contribution in [1.29, 1.82) is 0 Å². The van der Waals surface area contributed by atoms with E-state index in [1.165, 1.54) is 4.70 Å². The molecule has 1 atom stereocenters. The summed E-state index contributed by atoms with van der Waals surface area (Å²) in [5, 5.41) is 3.35. The summed E-state index contributed by atoms with van der Waals surface area (Å²) in [4.78, 5) is 18.7. The van der Waals surface area contributed by atoms with E-state index in [4.69, 9.17) is 0 Å². The first-order valence-electron chi connectivity index (χ1n) is 6.72. The maximum absolute atomic E-state index is 12.2. The Labute approximate surface area is 126 Å². The lowest BCUT2D eigenvalue weighted by Gasteiger charge is -2.31. The molecule has 4 nitrogen and oxygen atoms in total. The van der Waals surface area contributed by atoms with Crippen molar-refractivity contribution in [1.82, 2.24) is 15.2 Å². The normalized spacial score (nSPS) is 19.4. The molecule has 1 aliphatic rings. The maximum atomic E-state index is 12.2. The molecule has 3 rings (SSSR count). The summed E-state index contributed by atoms with van der Waals surface area (Å²) in [6.07, 6.45) is 0. The topological polar surface area (TPSA) is 45.2 Å². The van der Waals surface area contributed by atoms with Gasteiger partial charge in [-0.25, -0.2) is 4.98 Å². The summed E-state index contributed by atoms with van der Waals surface area (Å²) in [6.45, 7) is 4.61. The number of thioether (sulfide) groups is 1. The molecule has 1 fully saturated rings. The minimum absolute atomic E-state index is 0.211. The third-order valence-electron chi connectivity index (χ3n) is 3.31. The van der Waals surface area contributed by atoms with E-state index in [-0.39, 0.29) is 5.91 Å². The van der Waals surface area contributed by atoms with Crippen molar-refractivity contribution in [2.24, 2.45) is 0 Å². The molecule has 1 N–H and O–H groups in total. The van der Waals surface area contributed by atoms with E-state index >= 15 is 0 Å². The first-order chi connectivity index (χ1) is 9.72. The molecule has 0 radical (unpaired) electrons. The Morgan fingerprint density at radius 2 is 2.40 bits per heavy atom. The Hall–Kier alpha value is -1.11. The first kappa shape index (κ1) is 13.9. The van der Waals surface area contributed by atoms with Crippen molar-refractivity contribution in [2.75, 3.05) is 25.4 Å². The molecule has 0 spiro atoms. The molecular weight excluding hydrogens is 290 g/mol. The van der Waals surface area contributed by atoms with Gasteiger partial charge in [0, 0.05) is 25.7 Å². The maximum Gasteiger partial charge on any atom is 0.233 e. The fraction of sp³-hybridized carbons (Fsp3) is 0.429. The molecule has 2 heterocycles. The van der Waals surface area contributed by atoms with Crippen LogP contribution in [-0.4, -0.2) is 47.2 Å². The van der Waals surface area contributed by atoms with Gasteiger partial charge >= 0.3 is 0 Å². The Bertz CT molecular complexity index is 580. The number of nitrogens with one attached hydrogen (secondary N) is 1. The minimum Gasteiger partial charge on any atom is -0.339 e. The number of carbonyl (C=O) groups is 1. The number of hydrogen-bond acceptors (Lipinski definition) is 5. The molecule has 2 aromatic rings. The molecule has 106 valence electrons. The van der Waals surface area contributed by atoms with Crippen molar-refractivity contribution >= 4 is 39.2 Å². The van der Waals surface area contributed by atoms with Gasteiger partial charge in [-0.15, -0.1) is 11.3 Å². The Morgan fingerprint density at radius 1 is 1.55 bits per heavy atom. The van der Waals surface area contributed by atoms with Crippen LogP contribution in [0.1, 0.15) is 6.92 Å². The van der Waals surface area contributed by atoms with Crippen LogP contribution in [-0.2, 0) is 4.79 Å².